The van der Waals surface area contributed by atoms with Gasteiger partial charge in [-0.2, -0.15) is 5.26 Å². The van der Waals surface area contributed by atoms with Gasteiger partial charge >= 0.3 is 11.9 Å². The highest BCUT2D eigenvalue weighted by atomic mass is 16.6. The lowest BCUT2D eigenvalue weighted by Crippen LogP contribution is -2.26. The Balaban J connectivity index is 1.91. The lowest BCUT2D eigenvalue weighted by Gasteiger charge is -2.20. The Hall–Kier alpha value is -3.33. The number of rotatable bonds is 8. The number of benzene rings is 2. The monoisotopic (exact) mass is 395 g/mol. The van der Waals surface area contributed by atoms with Gasteiger partial charge < -0.3 is 14.6 Å². The summed E-state index contributed by atoms with van der Waals surface area (Å²) < 4.78 is 10.8. The van der Waals surface area contributed by atoms with Gasteiger partial charge in [0.1, 0.15) is 18.0 Å². The van der Waals surface area contributed by atoms with Crippen LogP contribution < -0.4 is 4.74 Å². The number of nitriles is 1. The number of esters is 1. The SMILES string of the molecule is CC(C)(C)OC(=O)CCC(COc1ccc(-c2ccc(C#N)cc2)cc1)C(=O)O. The van der Waals surface area contributed by atoms with Gasteiger partial charge in [0.05, 0.1) is 17.6 Å². The van der Waals surface area contributed by atoms with Gasteiger partial charge in [0.25, 0.3) is 0 Å². The standard InChI is InChI=1S/C23H25NO5/c1-23(2,3)29-21(25)13-10-19(22(26)27)15-28-20-11-8-18(9-12-20)17-6-4-16(14-24)5-7-17/h4-9,11-12,19H,10,13,15H2,1-3H3,(H,26,27). The molecule has 0 aliphatic rings. The van der Waals surface area contributed by atoms with E-state index in [9.17, 15) is 14.7 Å². The zero-order valence-corrected chi connectivity index (χ0v) is 16.8. The zero-order chi connectivity index (χ0) is 21.4. The summed E-state index contributed by atoms with van der Waals surface area (Å²) in [6, 6.07) is 16.6. The third kappa shape index (κ3) is 7.30. The number of carbonyl (C=O) groups is 2. The summed E-state index contributed by atoms with van der Waals surface area (Å²) in [6.45, 7) is 5.27. The lowest BCUT2D eigenvalue weighted by atomic mass is 10.0. The molecule has 0 saturated carbocycles. The van der Waals surface area contributed by atoms with Crippen LogP contribution >= 0.6 is 0 Å². The lowest BCUT2D eigenvalue weighted by molar-refractivity contribution is -0.155. The van der Waals surface area contributed by atoms with Crippen LogP contribution in [0.1, 0.15) is 39.2 Å². The van der Waals surface area contributed by atoms with Crippen molar-refractivity contribution in [2.45, 2.75) is 39.2 Å². The first-order chi connectivity index (χ1) is 13.7. The summed E-state index contributed by atoms with van der Waals surface area (Å²) in [5, 5.41) is 18.2. The predicted octanol–water partition coefficient (Wildman–Crippen LogP) is 4.43. The van der Waals surface area contributed by atoms with E-state index in [0.29, 0.717) is 11.3 Å². The number of nitrogens with zero attached hydrogens (tertiary/aromatic N) is 1. The molecule has 0 bridgehead atoms. The molecule has 0 heterocycles. The molecule has 0 amide bonds. The Morgan fingerprint density at radius 2 is 1.59 bits per heavy atom. The van der Waals surface area contributed by atoms with Gasteiger partial charge in [0.2, 0.25) is 0 Å². The summed E-state index contributed by atoms with van der Waals surface area (Å²) in [4.78, 5) is 23.3. The number of carbonyl (C=O) groups excluding carboxylic acids is 1. The van der Waals surface area contributed by atoms with E-state index in [1.165, 1.54) is 0 Å². The number of hydrogen-bond acceptors (Lipinski definition) is 5. The van der Waals surface area contributed by atoms with Crippen LogP contribution in [0.5, 0.6) is 5.75 Å². The second kappa shape index (κ2) is 9.74. The maximum Gasteiger partial charge on any atom is 0.309 e. The average molecular weight is 395 g/mol. The van der Waals surface area contributed by atoms with Crippen LogP contribution in [0.3, 0.4) is 0 Å². The molecule has 2 aromatic carbocycles. The number of aliphatic carboxylic acids is 1. The van der Waals surface area contributed by atoms with Crippen molar-refractivity contribution in [3.63, 3.8) is 0 Å². The molecule has 0 radical (unpaired) electrons. The van der Waals surface area contributed by atoms with E-state index < -0.39 is 23.5 Å². The molecule has 0 aromatic heterocycles. The first-order valence-corrected chi connectivity index (χ1v) is 9.36. The molecule has 0 aliphatic carbocycles. The third-order valence-corrected chi connectivity index (χ3v) is 4.12. The fourth-order valence-corrected chi connectivity index (χ4v) is 2.64. The van der Waals surface area contributed by atoms with Crippen LogP contribution in [-0.4, -0.2) is 29.3 Å². The van der Waals surface area contributed by atoms with Gasteiger partial charge in [-0.25, -0.2) is 0 Å². The molecule has 6 nitrogen and oxygen atoms in total. The molecule has 1 atom stereocenters. The van der Waals surface area contributed by atoms with Crippen molar-refractivity contribution in [3.8, 4) is 22.9 Å². The van der Waals surface area contributed by atoms with E-state index in [2.05, 4.69) is 6.07 Å². The van der Waals surface area contributed by atoms with Crippen LogP contribution in [0.25, 0.3) is 11.1 Å². The van der Waals surface area contributed by atoms with Crippen molar-refractivity contribution >= 4 is 11.9 Å². The van der Waals surface area contributed by atoms with Gasteiger partial charge in [0, 0.05) is 6.42 Å². The van der Waals surface area contributed by atoms with Gasteiger partial charge in [-0.1, -0.05) is 24.3 Å². The van der Waals surface area contributed by atoms with Crippen LogP contribution in [-0.2, 0) is 14.3 Å². The molecule has 2 rings (SSSR count). The molecule has 2 aromatic rings. The summed E-state index contributed by atoms with van der Waals surface area (Å²) in [5.74, 6) is -1.69. The Morgan fingerprint density at radius 1 is 1.03 bits per heavy atom. The molecule has 0 aliphatic heterocycles. The summed E-state index contributed by atoms with van der Waals surface area (Å²) in [5.41, 5.74) is 1.93. The molecule has 29 heavy (non-hydrogen) atoms. The summed E-state index contributed by atoms with van der Waals surface area (Å²) >= 11 is 0. The van der Waals surface area contributed by atoms with Crippen molar-refractivity contribution in [2.75, 3.05) is 6.61 Å². The van der Waals surface area contributed by atoms with E-state index in [4.69, 9.17) is 14.7 Å². The average Bonchev–Trinajstić information content (AvgIpc) is 2.67. The van der Waals surface area contributed by atoms with E-state index in [-0.39, 0.29) is 19.4 Å². The number of carboxylic acids is 1. The summed E-state index contributed by atoms with van der Waals surface area (Å²) in [7, 11) is 0. The smallest absolute Gasteiger partial charge is 0.309 e. The van der Waals surface area contributed by atoms with E-state index >= 15 is 0 Å². The molecule has 0 fully saturated rings. The van der Waals surface area contributed by atoms with Crippen LogP contribution in [0, 0.1) is 17.2 Å². The molecule has 0 saturated heterocycles. The second-order valence-electron chi connectivity index (χ2n) is 7.68. The van der Waals surface area contributed by atoms with Crippen LogP contribution in [0.15, 0.2) is 48.5 Å². The summed E-state index contributed by atoms with van der Waals surface area (Å²) in [6.07, 6.45) is 0.169. The Bertz CT molecular complexity index is 873. The minimum absolute atomic E-state index is 0.0230. The van der Waals surface area contributed by atoms with Gasteiger partial charge in [0.15, 0.2) is 0 Å². The molecule has 6 heteroatoms. The highest BCUT2D eigenvalue weighted by molar-refractivity contribution is 5.73. The van der Waals surface area contributed by atoms with Crippen molar-refractivity contribution in [1.82, 2.24) is 0 Å². The molecular weight excluding hydrogens is 370 g/mol. The Morgan fingerprint density at radius 3 is 2.07 bits per heavy atom. The van der Waals surface area contributed by atoms with Gasteiger partial charge in [-0.3, -0.25) is 9.59 Å². The largest absolute Gasteiger partial charge is 0.493 e. The second-order valence-corrected chi connectivity index (χ2v) is 7.68. The van der Waals surface area contributed by atoms with E-state index in [1.54, 1.807) is 45.0 Å². The van der Waals surface area contributed by atoms with E-state index in [1.807, 2.05) is 24.3 Å². The molecule has 152 valence electrons. The van der Waals surface area contributed by atoms with Crippen molar-refractivity contribution < 1.29 is 24.2 Å². The zero-order valence-electron chi connectivity index (χ0n) is 16.8. The van der Waals surface area contributed by atoms with Crippen molar-refractivity contribution in [1.29, 1.82) is 5.26 Å². The van der Waals surface area contributed by atoms with E-state index in [0.717, 1.165) is 11.1 Å². The maximum atomic E-state index is 11.8. The Labute approximate surface area is 170 Å². The molecular formula is C23H25NO5. The number of ether oxygens (including phenoxy) is 2. The van der Waals surface area contributed by atoms with Crippen molar-refractivity contribution in [2.24, 2.45) is 5.92 Å². The molecule has 0 spiro atoms. The van der Waals surface area contributed by atoms with Crippen LogP contribution in [0.2, 0.25) is 0 Å². The van der Waals surface area contributed by atoms with Gasteiger partial charge in [-0.15, -0.1) is 0 Å². The number of hydrogen-bond donors (Lipinski definition) is 1. The van der Waals surface area contributed by atoms with Crippen molar-refractivity contribution in [3.05, 3.63) is 54.1 Å². The quantitative estimate of drug-likeness (QED) is 0.664. The fourth-order valence-electron chi connectivity index (χ4n) is 2.64. The minimum Gasteiger partial charge on any atom is -0.493 e. The first kappa shape index (κ1) is 22.0. The molecule has 1 N–H and O–H groups in total. The normalized spacial score (nSPS) is 11.9. The van der Waals surface area contributed by atoms with Crippen LogP contribution in [0.4, 0.5) is 0 Å². The topological polar surface area (TPSA) is 96.6 Å². The number of carboxylic acid groups (broad SMARTS) is 1. The molecule has 1 unspecified atom stereocenters. The highest BCUT2D eigenvalue weighted by Gasteiger charge is 2.22. The fraction of sp³-hybridized carbons (Fsp3) is 0.348. The van der Waals surface area contributed by atoms with Gasteiger partial charge in [-0.05, 0) is 62.6 Å². The highest BCUT2D eigenvalue weighted by Crippen LogP contribution is 2.23. The minimum atomic E-state index is -1.01. The third-order valence-electron chi connectivity index (χ3n) is 4.12. The first-order valence-electron chi connectivity index (χ1n) is 9.36. The predicted molar refractivity (Wildman–Crippen MR) is 108 cm³/mol. The maximum absolute atomic E-state index is 11.8. The Kier molecular flexibility index (Phi) is 7.38.